The molecule has 1 saturated heterocycles. The Labute approximate surface area is 130 Å². The van der Waals surface area contributed by atoms with Gasteiger partial charge in [0, 0.05) is 38.6 Å². The first kappa shape index (κ1) is 15.0. The fourth-order valence-electron chi connectivity index (χ4n) is 2.58. The van der Waals surface area contributed by atoms with Crippen LogP contribution < -0.4 is 5.32 Å². The molecule has 2 aromatic rings. The molecule has 118 valence electrons. The zero-order valence-electron chi connectivity index (χ0n) is 12.4. The lowest BCUT2D eigenvalue weighted by atomic mass is 10.1. The molecule has 1 fully saturated rings. The molecule has 22 heavy (non-hydrogen) atoms. The molecule has 7 nitrogen and oxygen atoms in total. The summed E-state index contributed by atoms with van der Waals surface area (Å²) in [5.41, 5.74) is 0. The van der Waals surface area contributed by atoms with Crippen LogP contribution in [-0.4, -0.2) is 46.6 Å². The van der Waals surface area contributed by atoms with Crippen molar-refractivity contribution in [3.05, 3.63) is 36.8 Å². The number of nitrogens with zero attached hydrogens (tertiary/aromatic N) is 4. The first-order valence-electron chi connectivity index (χ1n) is 7.22. The van der Waals surface area contributed by atoms with Crippen LogP contribution in [-0.2, 0) is 17.1 Å². The standard InChI is InChI=1S/C14H19N5O2S/c1-18-11-13(10-16-18)22(20,21)19-8-5-12(6-9-19)17-14-4-2-3-7-15-14/h2-4,7,10-12H,5-6,8-9H2,1H3,(H,15,17). The number of anilines is 1. The largest absolute Gasteiger partial charge is 0.367 e. The molecular weight excluding hydrogens is 302 g/mol. The average Bonchev–Trinajstić information content (AvgIpc) is 2.96. The van der Waals surface area contributed by atoms with Crippen LogP contribution in [0.25, 0.3) is 0 Å². The minimum atomic E-state index is -3.43. The Morgan fingerprint density at radius 3 is 2.64 bits per heavy atom. The summed E-state index contributed by atoms with van der Waals surface area (Å²) in [6.07, 6.45) is 6.19. The lowest BCUT2D eigenvalue weighted by Gasteiger charge is -2.31. The number of aryl methyl sites for hydroxylation is 1. The van der Waals surface area contributed by atoms with Crippen molar-refractivity contribution in [2.45, 2.75) is 23.8 Å². The summed E-state index contributed by atoms with van der Waals surface area (Å²) in [6.45, 7) is 1.00. The third-order valence-corrected chi connectivity index (χ3v) is 5.64. The van der Waals surface area contributed by atoms with E-state index < -0.39 is 10.0 Å². The molecule has 0 amide bonds. The van der Waals surface area contributed by atoms with E-state index >= 15 is 0 Å². The van der Waals surface area contributed by atoms with Crippen LogP contribution in [0, 0.1) is 0 Å². The minimum absolute atomic E-state index is 0.246. The van der Waals surface area contributed by atoms with Gasteiger partial charge in [-0.15, -0.1) is 0 Å². The SMILES string of the molecule is Cn1cc(S(=O)(=O)N2CCC(Nc3ccccn3)CC2)cn1. The van der Waals surface area contributed by atoms with E-state index in [4.69, 9.17) is 0 Å². The second-order valence-corrected chi connectivity index (χ2v) is 7.33. The molecule has 0 radical (unpaired) electrons. The molecule has 0 saturated carbocycles. The molecule has 3 rings (SSSR count). The minimum Gasteiger partial charge on any atom is -0.367 e. The summed E-state index contributed by atoms with van der Waals surface area (Å²) in [5, 5.41) is 7.29. The number of sulfonamides is 1. The molecule has 3 heterocycles. The Hall–Kier alpha value is -1.93. The number of nitrogens with one attached hydrogen (secondary N) is 1. The highest BCUT2D eigenvalue weighted by Gasteiger charge is 2.30. The van der Waals surface area contributed by atoms with Crippen molar-refractivity contribution in [3.63, 3.8) is 0 Å². The molecule has 0 bridgehead atoms. The maximum atomic E-state index is 12.5. The number of rotatable bonds is 4. The second-order valence-electron chi connectivity index (χ2n) is 5.39. The summed E-state index contributed by atoms with van der Waals surface area (Å²) in [7, 11) is -1.72. The summed E-state index contributed by atoms with van der Waals surface area (Å²) in [5.74, 6) is 0.830. The molecule has 0 atom stereocenters. The van der Waals surface area contributed by atoms with Crippen molar-refractivity contribution >= 4 is 15.8 Å². The van der Waals surface area contributed by atoms with Gasteiger partial charge < -0.3 is 5.32 Å². The van der Waals surface area contributed by atoms with E-state index in [0.29, 0.717) is 13.1 Å². The number of hydrogen-bond donors (Lipinski definition) is 1. The lowest BCUT2D eigenvalue weighted by molar-refractivity contribution is 0.329. The first-order valence-corrected chi connectivity index (χ1v) is 8.66. The fourth-order valence-corrected chi connectivity index (χ4v) is 4.03. The number of piperidine rings is 1. The van der Waals surface area contributed by atoms with Crippen LogP contribution in [0.2, 0.25) is 0 Å². The van der Waals surface area contributed by atoms with Gasteiger partial charge in [0.15, 0.2) is 0 Å². The monoisotopic (exact) mass is 321 g/mol. The molecular formula is C14H19N5O2S. The summed E-state index contributed by atoms with van der Waals surface area (Å²) in [4.78, 5) is 4.49. The maximum absolute atomic E-state index is 12.5. The summed E-state index contributed by atoms with van der Waals surface area (Å²) < 4.78 is 28.0. The van der Waals surface area contributed by atoms with Crippen LogP contribution in [0.15, 0.2) is 41.7 Å². The summed E-state index contributed by atoms with van der Waals surface area (Å²) >= 11 is 0. The van der Waals surface area contributed by atoms with Crippen LogP contribution in [0.5, 0.6) is 0 Å². The van der Waals surface area contributed by atoms with Crippen LogP contribution in [0.3, 0.4) is 0 Å². The number of aromatic nitrogens is 3. The lowest BCUT2D eigenvalue weighted by Crippen LogP contribution is -2.42. The molecule has 1 aliphatic heterocycles. The zero-order valence-corrected chi connectivity index (χ0v) is 13.2. The normalized spacial score (nSPS) is 17.5. The molecule has 8 heteroatoms. The van der Waals surface area contributed by atoms with Crippen molar-refractivity contribution in [2.75, 3.05) is 18.4 Å². The van der Waals surface area contributed by atoms with Crippen LogP contribution in [0.1, 0.15) is 12.8 Å². The second kappa shape index (κ2) is 6.05. The van der Waals surface area contributed by atoms with Crippen molar-refractivity contribution < 1.29 is 8.42 Å². The predicted molar refractivity (Wildman–Crippen MR) is 82.8 cm³/mol. The molecule has 1 aliphatic rings. The quantitative estimate of drug-likeness (QED) is 0.911. The predicted octanol–water partition coefficient (Wildman–Crippen LogP) is 1.08. The van der Waals surface area contributed by atoms with E-state index in [2.05, 4.69) is 15.4 Å². The van der Waals surface area contributed by atoms with Crippen LogP contribution in [0.4, 0.5) is 5.82 Å². The molecule has 0 unspecified atom stereocenters. The Bertz CT molecular complexity index is 721. The topological polar surface area (TPSA) is 80.1 Å². The van der Waals surface area contributed by atoms with Gasteiger partial charge in [-0.05, 0) is 25.0 Å². The fraction of sp³-hybridized carbons (Fsp3) is 0.429. The van der Waals surface area contributed by atoms with Crippen molar-refractivity contribution in [2.24, 2.45) is 7.05 Å². The number of pyridine rings is 1. The van der Waals surface area contributed by atoms with E-state index in [1.54, 1.807) is 13.2 Å². The highest BCUT2D eigenvalue weighted by atomic mass is 32.2. The highest BCUT2D eigenvalue weighted by molar-refractivity contribution is 7.89. The van der Waals surface area contributed by atoms with E-state index in [9.17, 15) is 8.42 Å². The Morgan fingerprint density at radius 1 is 1.27 bits per heavy atom. The Balaban J connectivity index is 1.62. The Morgan fingerprint density at radius 2 is 2.05 bits per heavy atom. The van der Waals surface area contributed by atoms with E-state index in [0.717, 1.165) is 18.7 Å². The van der Waals surface area contributed by atoms with Crippen LogP contribution >= 0.6 is 0 Å². The molecule has 0 spiro atoms. The summed E-state index contributed by atoms with van der Waals surface area (Å²) in [6, 6.07) is 5.96. The van der Waals surface area contributed by atoms with Gasteiger partial charge in [0.25, 0.3) is 0 Å². The van der Waals surface area contributed by atoms with Gasteiger partial charge in [-0.2, -0.15) is 9.40 Å². The van der Waals surface area contributed by atoms with Crippen molar-refractivity contribution in [1.29, 1.82) is 0 Å². The van der Waals surface area contributed by atoms with Gasteiger partial charge in [0.05, 0.1) is 6.20 Å². The Kier molecular flexibility index (Phi) is 4.12. The van der Waals surface area contributed by atoms with Gasteiger partial charge in [0.1, 0.15) is 10.7 Å². The average molecular weight is 321 g/mol. The van der Waals surface area contributed by atoms with E-state index in [1.807, 2.05) is 18.2 Å². The molecule has 0 aromatic carbocycles. The third kappa shape index (κ3) is 3.12. The van der Waals surface area contributed by atoms with Gasteiger partial charge in [-0.1, -0.05) is 6.07 Å². The van der Waals surface area contributed by atoms with Gasteiger partial charge in [0.2, 0.25) is 10.0 Å². The maximum Gasteiger partial charge on any atom is 0.246 e. The highest BCUT2D eigenvalue weighted by Crippen LogP contribution is 2.21. The first-order chi connectivity index (χ1) is 10.6. The molecule has 1 N–H and O–H groups in total. The van der Waals surface area contributed by atoms with Gasteiger partial charge >= 0.3 is 0 Å². The third-order valence-electron chi connectivity index (χ3n) is 3.79. The van der Waals surface area contributed by atoms with E-state index in [-0.39, 0.29) is 10.9 Å². The molecule has 0 aliphatic carbocycles. The van der Waals surface area contributed by atoms with E-state index in [1.165, 1.54) is 21.4 Å². The van der Waals surface area contributed by atoms with Gasteiger partial charge in [-0.3, -0.25) is 4.68 Å². The van der Waals surface area contributed by atoms with Crippen molar-refractivity contribution in [3.8, 4) is 0 Å². The molecule has 2 aromatic heterocycles. The van der Waals surface area contributed by atoms with Gasteiger partial charge in [-0.25, -0.2) is 13.4 Å². The zero-order chi connectivity index (χ0) is 15.6. The van der Waals surface area contributed by atoms with Crippen molar-refractivity contribution in [1.82, 2.24) is 19.1 Å². The number of hydrogen-bond acceptors (Lipinski definition) is 5. The smallest absolute Gasteiger partial charge is 0.246 e.